The zero-order valence-corrected chi connectivity index (χ0v) is 13.5. The Balaban J connectivity index is 1.92. The van der Waals surface area contributed by atoms with Gasteiger partial charge >= 0.3 is 0 Å². The lowest BCUT2D eigenvalue weighted by Gasteiger charge is -2.36. The molecule has 1 atom stereocenters. The van der Waals surface area contributed by atoms with Gasteiger partial charge in [-0.3, -0.25) is 0 Å². The van der Waals surface area contributed by atoms with Crippen LogP contribution in [0.4, 0.5) is 4.39 Å². The lowest BCUT2D eigenvalue weighted by molar-refractivity contribution is 0.157. The largest absolute Gasteiger partial charge is 0.497 e. The van der Waals surface area contributed by atoms with Crippen LogP contribution in [-0.4, -0.2) is 37.2 Å². The molecule has 0 aliphatic carbocycles. The fourth-order valence-electron chi connectivity index (χ4n) is 3.01. The van der Waals surface area contributed by atoms with Crippen LogP contribution in [0.2, 0.25) is 0 Å². The molecule has 4 heteroatoms. The highest BCUT2D eigenvalue weighted by Gasteiger charge is 2.23. The number of nitrogens with zero attached hydrogens (tertiary/aromatic N) is 1. The fourth-order valence-corrected chi connectivity index (χ4v) is 3.01. The first-order valence-electron chi connectivity index (χ1n) is 7.84. The van der Waals surface area contributed by atoms with Crippen LogP contribution >= 0.6 is 0 Å². The molecule has 1 fully saturated rings. The number of rotatable bonds is 5. The van der Waals surface area contributed by atoms with E-state index in [2.05, 4.69) is 24.1 Å². The van der Waals surface area contributed by atoms with E-state index in [1.54, 1.807) is 7.11 Å². The molecule has 3 nitrogen and oxygen atoms in total. The average Bonchev–Trinajstić information content (AvgIpc) is 2.47. The van der Waals surface area contributed by atoms with Crippen molar-refractivity contribution in [2.24, 2.45) is 0 Å². The van der Waals surface area contributed by atoms with Gasteiger partial charge in [0.2, 0.25) is 0 Å². The molecular formula is C17H27FN2O. The molecule has 0 bridgehead atoms. The normalized spacial score (nSPS) is 19.0. The Bertz CT molecular complexity index is 456. The molecular weight excluding hydrogens is 267 g/mol. The number of benzene rings is 1. The van der Waals surface area contributed by atoms with Crippen molar-refractivity contribution >= 4 is 0 Å². The van der Waals surface area contributed by atoms with Gasteiger partial charge in [0.05, 0.1) is 7.11 Å². The molecule has 118 valence electrons. The van der Waals surface area contributed by atoms with Crippen LogP contribution in [0, 0.1) is 5.82 Å². The minimum Gasteiger partial charge on any atom is -0.497 e. The van der Waals surface area contributed by atoms with Crippen molar-refractivity contribution < 1.29 is 9.13 Å². The monoisotopic (exact) mass is 294 g/mol. The van der Waals surface area contributed by atoms with Crippen LogP contribution in [0.25, 0.3) is 0 Å². The first-order chi connectivity index (χ1) is 10.0. The first-order valence-corrected chi connectivity index (χ1v) is 7.84. The summed E-state index contributed by atoms with van der Waals surface area (Å²) in [5, 5.41) is 3.57. The predicted molar refractivity (Wildman–Crippen MR) is 84.2 cm³/mol. The Labute approximate surface area is 127 Å². The van der Waals surface area contributed by atoms with Gasteiger partial charge in [0.1, 0.15) is 11.6 Å². The summed E-state index contributed by atoms with van der Waals surface area (Å²) in [6, 6.07) is 6.19. The van der Waals surface area contributed by atoms with Gasteiger partial charge in [0, 0.05) is 29.8 Å². The quantitative estimate of drug-likeness (QED) is 0.901. The zero-order valence-electron chi connectivity index (χ0n) is 13.5. The van der Waals surface area contributed by atoms with Crippen LogP contribution < -0.4 is 10.1 Å². The van der Waals surface area contributed by atoms with Gasteiger partial charge in [0.15, 0.2) is 0 Å². The van der Waals surface area contributed by atoms with Gasteiger partial charge in [0.25, 0.3) is 0 Å². The molecule has 0 amide bonds. The number of hydrogen-bond acceptors (Lipinski definition) is 3. The summed E-state index contributed by atoms with van der Waals surface area (Å²) in [5.41, 5.74) is 0.710. The highest BCUT2D eigenvalue weighted by atomic mass is 19.1. The van der Waals surface area contributed by atoms with Gasteiger partial charge in [-0.15, -0.1) is 0 Å². The van der Waals surface area contributed by atoms with Gasteiger partial charge in [-0.25, -0.2) is 4.39 Å². The van der Waals surface area contributed by atoms with Crippen LogP contribution in [-0.2, 0) is 0 Å². The number of hydrogen-bond donors (Lipinski definition) is 1. The second-order valence-corrected chi connectivity index (χ2v) is 6.18. The molecule has 1 aromatic rings. The third-order valence-corrected chi connectivity index (χ3v) is 4.42. The lowest BCUT2D eigenvalue weighted by Crippen LogP contribution is -2.45. The summed E-state index contributed by atoms with van der Waals surface area (Å²) in [5.74, 6) is 0.364. The highest BCUT2D eigenvalue weighted by Crippen LogP contribution is 2.23. The van der Waals surface area contributed by atoms with E-state index in [9.17, 15) is 4.39 Å². The Morgan fingerprint density at radius 3 is 2.43 bits per heavy atom. The summed E-state index contributed by atoms with van der Waals surface area (Å²) in [6.07, 6.45) is 2.25. The maximum Gasteiger partial charge on any atom is 0.131 e. The second-order valence-electron chi connectivity index (χ2n) is 6.18. The van der Waals surface area contributed by atoms with Crippen molar-refractivity contribution in [3.05, 3.63) is 29.6 Å². The first kappa shape index (κ1) is 16.2. The molecule has 1 aliphatic heterocycles. The van der Waals surface area contributed by atoms with Gasteiger partial charge < -0.3 is 15.0 Å². The van der Waals surface area contributed by atoms with E-state index < -0.39 is 0 Å². The van der Waals surface area contributed by atoms with Crippen LogP contribution in [0.5, 0.6) is 5.75 Å². The molecule has 1 aliphatic rings. The fraction of sp³-hybridized carbons (Fsp3) is 0.647. The number of nitrogens with one attached hydrogen (secondary N) is 1. The molecule has 0 saturated carbocycles. The van der Waals surface area contributed by atoms with E-state index in [1.807, 2.05) is 19.1 Å². The summed E-state index contributed by atoms with van der Waals surface area (Å²) in [7, 11) is 1.55. The summed E-state index contributed by atoms with van der Waals surface area (Å²) < 4.78 is 19.1. The lowest BCUT2D eigenvalue weighted by atomic mass is 10.0. The molecule has 1 saturated heterocycles. The third kappa shape index (κ3) is 4.17. The van der Waals surface area contributed by atoms with Crippen molar-refractivity contribution in [1.29, 1.82) is 0 Å². The van der Waals surface area contributed by atoms with E-state index in [4.69, 9.17) is 4.74 Å². The molecule has 2 rings (SSSR count). The zero-order chi connectivity index (χ0) is 15.4. The van der Waals surface area contributed by atoms with E-state index in [0.29, 0.717) is 23.4 Å². The van der Waals surface area contributed by atoms with Crippen LogP contribution in [0.3, 0.4) is 0 Å². The molecule has 21 heavy (non-hydrogen) atoms. The van der Waals surface area contributed by atoms with Crippen molar-refractivity contribution in [1.82, 2.24) is 10.2 Å². The average molecular weight is 294 g/mol. The van der Waals surface area contributed by atoms with Crippen molar-refractivity contribution in [3.8, 4) is 5.75 Å². The van der Waals surface area contributed by atoms with Crippen LogP contribution in [0.1, 0.15) is 45.2 Å². The Morgan fingerprint density at radius 2 is 1.90 bits per heavy atom. The Morgan fingerprint density at radius 1 is 1.24 bits per heavy atom. The van der Waals surface area contributed by atoms with E-state index in [1.165, 1.54) is 6.07 Å². The van der Waals surface area contributed by atoms with Crippen molar-refractivity contribution in [3.63, 3.8) is 0 Å². The van der Waals surface area contributed by atoms with Crippen molar-refractivity contribution in [2.75, 3.05) is 20.2 Å². The molecule has 1 unspecified atom stereocenters. The number of likely N-dealkylation sites (tertiary alicyclic amines) is 1. The third-order valence-electron chi connectivity index (χ3n) is 4.42. The molecule has 0 spiro atoms. The second kappa shape index (κ2) is 7.23. The minimum atomic E-state index is -0.200. The molecule has 1 N–H and O–H groups in total. The Kier molecular flexibility index (Phi) is 5.59. The van der Waals surface area contributed by atoms with Gasteiger partial charge in [-0.05, 0) is 52.8 Å². The Hall–Kier alpha value is -1.13. The maximum absolute atomic E-state index is 14.1. The standard InChI is InChI=1S/C17H27FN2O/c1-12(2)20-9-7-14(8-10-20)19-13(3)16-6-5-15(21-4)11-17(16)18/h5-6,11-14,19H,7-10H2,1-4H3. The molecule has 1 aromatic carbocycles. The summed E-state index contributed by atoms with van der Waals surface area (Å²) in [4.78, 5) is 2.50. The number of piperidine rings is 1. The van der Waals surface area contributed by atoms with Gasteiger partial charge in [-0.2, -0.15) is 0 Å². The topological polar surface area (TPSA) is 24.5 Å². The number of halogens is 1. The van der Waals surface area contributed by atoms with Gasteiger partial charge in [-0.1, -0.05) is 6.07 Å². The molecule has 1 heterocycles. The highest BCUT2D eigenvalue weighted by molar-refractivity contribution is 5.30. The van der Waals surface area contributed by atoms with E-state index in [-0.39, 0.29) is 11.9 Å². The SMILES string of the molecule is COc1ccc(C(C)NC2CCN(C(C)C)CC2)c(F)c1. The van der Waals surface area contributed by atoms with E-state index in [0.717, 1.165) is 25.9 Å². The number of ether oxygens (including phenoxy) is 1. The smallest absolute Gasteiger partial charge is 0.131 e. The minimum absolute atomic E-state index is 0.0199. The molecule has 0 radical (unpaired) electrons. The van der Waals surface area contributed by atoms with Crippen LogP contribution in [0.15, 0.2) is 18.2 Å². The summed E-state index contributed by atoms with van der Waals surface area (Å²) >= 11 is 0. The number of methoxy groups -OCH3 is 1. The molecule has 0 aromatic heterocycles. The van der Waals surface area contributed by atoms with Crippen molar-refractivity contribution in [2.45, 2.75) is 51.7 Å². The predicted octanol–water partition coefficient (Wildman–Crippen LogP) is 3.36. The maximum atomic E-state index is 14.1. The summed E-state index contributed by atoms with van der Waals surface area (Å²) in [6.45, 7) is 8.74. The van der Waals surface area contributed by atoms with E-state index >= 15 is 0 Å².